The lowest BCUT2D eigenvalue weighted by Gasteiger charge is -2.28. The van der Waals surface area contributed by atoms with Crippen molar-refractivity contribution >= 4 is 0 Å². The summed E-state index contributed by atoms with van der Waals surface area (Å²) >= 11 is 0. The van der Waals surface area contributed by atoms with Gasteiger partial charge in [-0.1, -0.05) is 6.92 Å². The van der Waals surface area contributed by atoms with Gasteiger partial charge in [-0.2, -0.15) is 0 Å². The van der Waals surface area contributed by atoms with Crippen LogP contribution < -0.4 is 5.32 Å². The molecule has 0 aromatic carbocycles. The zero-order chi connectivity index (χ0) is 8.10. The highest BCUT2D eigenvalue weighted by Crippen LogP contribution is 1.97. The van der Waals surface area contributed by atoms with E-state index in [1.54, 1.807) is 0 Å². The molecule has 0 aromatic heterocycles. The summed E-state index contributed by atoms with van der Waals surface area (Å²) in [5, 5.41) is 12.6. The van der Waals surface area contributed by atoms with Crippen molar-refractivity contribution in [2.24, 2.45) is 0 Å². The van der Waals surface area contributed by atoms with Crippen LogP contribution in [0.25, 0.3) is 0 Å². The monoisotopic (exact) mass is 158 g/mol. The van der Waals surface area contributed by atoms with Crippen LogP contribution in [0, 0.1) is 0 Å². The number of hydrogen-bond acceptors (Lipinski definition) is 3. The molecule has 1 aliphatic rings. The molecule has 66 valence electrons. The van der Waals surface area contributed by atoms with Crippen molar-refractivity contribution in [3.63, 3.8) is 0 Å². The highest BCUT2D eigenvalue weighted by Gasteiger charge is 2.12. The van der Waals surface area contributed by atoms with Gasteiger partial charge in [0.25, 0.3) is 0 Å². The molecule has 0 bridgehead atoms. The molecule has 1 unspecified atom stereocenters. The van der Waals surface area contributed by atoms with Crippen LogP contribution in [0.1, 0.15) is 13.3 Å². The van der Waals surface area contributed by atoms with Crippen molar-refractivity contribution in [1.82, 2.24) is 10.2 Å². The molecular formula is C8H18N2O. The van der Waals surface area contributed by atoms with Crippen molar-refractivity contribution in [3.05, 3.63) is 0 Å². The number of hydrogen-bond donors (Lipinski definition) is 2. The second-order valence-corrected chi connectivity index (χ2v) is 3.11. The SMILES string of the molecule is CCC(O)CN1CCNCC1. The van der Waals surface area contributed by atoms with Crippen LogP contribution in [0.15, 0.2) is 0 Å². The van der Waals surface area contributed by atoms with E-state index in [9.17, 15) is 5.11 Å². The van der Waals surface area contributed by atoms with Gasteiger partial charge in [0, 0.05) is 32.7 Å². The molecule has 1 fully saturated rings. The third-order valence-corrected chi connectivity index (χ3v) is 2.15. The Morgan fingerprint density at radius 1 is 1.45 bits per heavy atom. The smallest absolute Gasteiger partial charge is 0.0664 e. The average Bonchev–Trinajstić information content (AvgIpc) is 2.06. The number of nitrogens with zero attached hydrogens (tertiary/aromatic N) is 1. The van der Waals surface area contributed by atoms with E-state index in [1.165, 1.54) is 0 Å². The molecule has 2 N–H and O–H groups in total. The Morgan fingerprint density at radius 2 is 2.09 bits per heavy atom. The van der Waals surface area contributed by atoms with Gasteiger partial charge < -0.3 is 10.4 Å². The summed E-state index contributed by atoms with van der Waals surface area (Å²) in [7, 11) is 0. The first-order valence-corrected chi connectivity index (χ1v) is 4.44. The summed E-state index contributed by atoms with van der Waals surface area (Å²) in [5.74, 6) is 0. The summed E-state index contributed by atoms with van der Waals surface area (Å²) in [4.78, 5) is 2.31. The fourth-order valence-electron chi connectivity index (χ4n) is 1.32. The normalized spacial score (nSPS) is 23.5. The highest BCUT2D eigenvalue weighted by atomic mass is 16.3. The number of rotatable bonds is 3. The van der Waals surface area contributed by atoms with E-state index >= 15 is 0 Å². The summed E-state index contributed by atoms with van der Waals surface area (Å²) < 4.78 is 0. The maximum Gasteiger partial charge on any atom is 0.0664 e. The van der Waals surface area contributed by atoms with E-state index in [0.29, 0.717) is 0 Å². The lowest BCUT2D eigenvalue weighted by Crippen LogP contribution is -2.46. The Hall–Kier alpha value is -0.120. The molecule has 1 saturated heterocycles. The Bertz CT molecular complexity index is 102. The van der Waals surface area contributed by atoms with Crippen molar-refractivity contribution in [1.29, 1.82) is 0 Å². The van der Waals surface area contributed by atoms with Crippen LogP contribution >= 0.6 is 0 Å². The van der Waals surface area contributed by atoms with Gasteiger partial charge >= 0.3 is 0 Å². The first-order chi connectivity index (χ1) is 5.33. The van der Waals surface area contributed by atoms with Crippen LogP contribution in [0.3, 0.4) is 0 Å². The number of β-amino-alcohol motifs (C(OH)–C–C–N with tert-alkyl or cyclic N) is 1. The Balaban J connectivity index is 2.13. The molecule has 1 aliphatic heterocycles. The van der Waals surface area contributed by atoms with Gasteiger partial charge in [0.05, 0.1) is 6.10 Å². The molecule has 0 saturated carbocycles. The van der Waals surface area contributed by atoms with Crippen molar-refractivity contribution in [3.8, 4) is 0 Å². The zero-order valence-corrected chi connectivity index (χ0v) is 7.21. The third-order valence-electron chi connectivity index (χ3n) is 2.15. The number of aliphatic hydroxyl groups excluding tert-OH is 1. The summed E-state index contributed by atoms with van der Waals surface area (Å²) in [6.07, 6.45) is 0.734. The molecule has 0 spiro atoms. The summed E-state index contributed by atoms with van der Waals surface area (Å²) in [6.45, 7) is 7.16. The molecular weight excluding hydrogens is 140 g/mol. The largest absolute Gasteiger partial charge is 0.392 e. The lowest BCUT2D eigenvalue weighted by molar-refractivity contribution is 0.102. The van der Waals surface area contributed by atoms with Crippen LogP contribution in [-0.4, -0.2) is 48.8 Å². The molecule has 0 amide bonds. The second-order valence-electron chi connectivity index (χ2n) is 3.11. The third kappa shape index (κ3) is 3.18. The molecule has 0 aliphatic carbocycles. The second kappa shape index (κ2) is 4.70. The topological polar surface area (TPSA) is 35.5 Å². The Morgan fingerprint density at radius 3 is 2.64 bits per heavy atom. The van der Waals surface area contributed by atoms with Gasteiger partial charge in [0.15, 0.2) is 0 Å². The summed E-state index contributed by atoms with van der Waals surface area (Å²) in [6, 6.07) is 0. The van der Waals surface area contributed by atoms with E-state index < -0.39 is 0 Å². The fourth-order valence-corrected chi connectivity index (χ4v) is 1.32. The minimum absolute atomic E-state index is 0.131. The maximum atomic E-state index is 9.35. The molecule has 0 aromatic rings. The van der Waals surface area contributed by atoms with E-state index in [4.69, 9.17) is 0 Å². The molecule has 11 heavy (non-hydrogen) atoms. The van der Waals surface area contributed by atoms with Gasteiger partial charge in [-0.3, -0.25) is 4.90 Å². The molecule has 3 nitrogen and oxygen atoms in total. The van der Waals surface area contributed by atoms with Crippen molar-refractivity contribution in [2.75, 3.05) is 32.7 Å². The van der Waals surface area contributed by atoms with Crippen molar-refractivity contribution < 1.29 is 5.11 Å². The standard InChI is InChI=1S/C8H18N2O/c1-2-8(11)7-10-5-3-9-4-6-10/h8-9,11H,2-7H2,1H3. The zero-order valence-electron chi connectivity index (χ0n) is 7.21. The van der Waals surface area contributed by atoms with E-state index in [-0.39, 0.29) is 6.10 Å². The number of nitrogens with one attached hydrogen (secondary N) is 1. The fraction of sp³-hybridized carbons (Fsp3) is 1.00. The quantitative estimate of drug-likeness (QED) is 0.590. The molecule has 0 radical (unpaired) electrons. The first kappa shape index (κ1) is 8.97. The summed E-state index contributed by atoms with van der Waals surface area (Å²) in [5.41, 5.74) is 0. The predicted octanol–water partition coefficient (Wildman–Crippen LogP) is -0.337. The first-order valence-electron chi connectivity index (χ1n) is 4.44. The van der Waals surface area contributed by atoms with Gasteiger partial charge in [0.1, 0.15) is 0 Å². The minimum Gasteiger partial charge on any atom is -0.392 e. The molecule has 1 heterocycles. The van der Waals surface area contributed by atoms with Crippen LogP contribution in [0.2, 0.25) is 0 Å². The Labute approximate surface area is 68.4 Å². The lowest BCUT2D eigenvalue weighted by atomic mass is 10.2. The van der Waals surface area contributed by atoms with Crippen LogP contribution in [0.5, 0.6) is 0 Å². The Kier molecular flexibility index (Phi) is 3.83. The highest BCUT2D eigenvalue weighted by molar-refractivity contribution is 4.69. The van der Waals surface area contributed by atoms with E-state index in [0.717, 1.165) is 39.1 Å². The average molecular weight is 158 g/mol. The molecule has 1 atom stereocenters. The number of aliphatic hydroxyl groups is 1. The van der Waals surface area contributed by atoms with Gasteiger partial charge in [-0.05, 0) is 6.42 Å². The van der Waals surface area contributed by atoms with Gasteiger partial charge in [-0.25, -0.2) is 0 Å². The minimum atomic E-state index is -0.131. The van der Waals surface area contributed by atoms with Crippen molar-refractivity contribution in [2.45, 2.75) is 19.4 Å². The molecule has 3 heteroatoms. The van der Waals surface area contributed by atoms with Crippen LogP contribution in [0.4, 0.5) is 0 Å². The maximum absolute atomic E-state index is 9.35. The van der Waals surface area contributed by atoms with E-state index in [1.807, 2.05) is 6.92 Å². The predicted molar refractivity (Wildman–Crippen MR) is 45.6 cm³/mol. The number of piperazine rings is 1. The van der Waals surface area contributed by atoms with E-state index in [2.05, 4.69) is 10.2 Å². The van der Waals surface area contributed by atoms with Gasteiger partial charge in [0.2, 0.25) is 0 Å². The molecule has 1 rings (SSSR count). The van der Waals surface area contributed by atoms with Gasteiger partial charge in [-0.15, -0.1) is 0 Å². The van der Waals surface area contributed by atoms with Crippen LogP contribution in [-0.2, 0) is 0 Å².